The summed E-state index contributed by atoms with van der Waals surface area (Å²) in [6, 6.07) is 1.29. The van der Waals surface area contributed by atoms with Crippen molar-refractivity contribution in [3.05, 3.63) is 16.5 Å². The highest BCUT2D eigenvalue weighted by atomic mass is 35.5. The monoisotopic (exact) mass is 283 g/mol. The van der Waals surface area contributed by atoms with E-state index in [1.165, 1.54) is 6.07 Å². The highest BCUT2D eigenvalue weighted by Crippen LogP contribution is 2.20. The van der Waals surface area contributed by atoms with Gasteiger partial charge in [0.2, 0.25) is 15.3 Å². The molecule has 0 aliphatic carbocycles. The molecule has 1 aromatic heterocycles. The molecule has 0 atom stereocenters. The number of halogens is 2. The van der Waals surface area contributed by atoms with Crippen LogP contribution in [0, 0.1) is 0 Å². The second-order valence-corrected chi connectivity index (χ2v) is 7.22. The average molecular weight is 284 g/mol. The molecule has 1 N–H and O–H groups in total. The summed E-state index contributed by atoms with van der Waals surface area (Å²) < 4.78 is 24.9. The second kappa shape index (κ2) is 4.35. The maximum atomic E-state index is 11.8. The van der Waals surface area contributed by atoms with Crippen LogP contribution in [0.2, 0.25) is 10.4 Å². The molecule has 90 valence electrons. The lowest BCUT2D eigenvalue weighted by Gasteiger charge is -2.19. The molecule has 0 saturated carbocycles. The molecule has 0 bridgehead atoms. The van der Waals surface area contributed by atoms with Gasteiger partial charge < -0.3 is 0 Å². The number of aromatic nitrogens is 2. The first-order valence-electron chi connectivity index (χ1n) is 4.34. The zero-order valence-corrected chi connectivity index (χ0v) is 11.3. The number of anilines is 1. The molecule has 0 radical (unpaired) electrons. The van der Waals surface area contributed by atoms with E-state index < -0.39 is 14.8 Å². The van der Waals surface area contributed by atoms with Gasteiger partial charge in [0.05, 0.1) is 4.75 Å². The van der Waals surface area contributed by atoms with E-state index in [1.807, 2.05) is 0 Å². The summed E-state index contributed by atoms with van der Waals surface area (Å²) in [5, 5.41) is -0.0364. The van der Waals surface area contributed by atoms with E-state index in [0.717, 1.165) is 0 Å². The molecule has 0 amide bonds. The standard InChI is InChI=1S/C8H11Cl2N3O2S/c1-8(2,3)16(14,15)13-6-4-5(9)11-7(10)12-6/h4H,1-3H3,(H,11,12,13). The third kappa shape index (κ3) is 3.20. The number of sulfonamides is 1. The maximum absolute atomic E-state index is 11.8. The van der Waals surface area contributed by atoms with Gasteiger partial charge in [0, 0.05) is 6.07 Å². The summed E-state index contributed by atoms with van der Waals surface area (Å²) in [5.41, 5.74) is 0. The summed E-state index contributed by atoms with van der Waals surface area (Å²) in [7, 11) is -3.54. The molecule has 0 saturated heterocycles. The third-order valence-electron chi connectivity index (χ3n) is 1.71. The zero-order valence-electron chi connectivity index (χ0n) is 8.95. The van der Waals surface area contributed by atoms with Crippen LogP contribution in [-0.2, 0) is 10.0 Å². The summed E-state index contributed by atoms with van der Waals surface area (Å²) in [5.74, 6) is 0.0555. The van der Waals surface area contributed by atoms with Crippen molar-refractivity contribution in [3.63, 3.8) is 0 Å². The first kappa shape index (κ1) is 13.5. The highest BCUT2D eigenvalue weighted by Gasteiger charge is 2.29. The molecule has 8 heteroatoms. The lowest BCUT2D eigenvalue weighted by molar-refractivity contribution is 0.566. The Bertz CT molecular complexity index is 476. The number of hydrogen-bond acceptors (Lipinski definition) is 4. The van der Waals surface area contributed by atoms with Crippen molar-refractivity contribution in [2.24, 2.45) is 0 Å². The van der Waals surface area contributed by atoms with Gasteiger partial charge >= 0.3 is 0 Å². The van der Waals surface area contributed by atoms with Crippen molar-refractivity contribution in [3.8, 4) is 0 Å². The van der Waals surface area contributed by atoms with Gasteiger partial charge in [0.25, 0.3) is 0 Å². The molecule has 0 fully saturated rings. The fraction of sp³-hybridized carbons (Fsp3) is 0.500. The van der Waals surface area contributed by atoms with Gasteiger partial charge in [0.15, 0.2) is 0 Å². The zero-order chi connectivity index (χ0) is 12.6. The normalized spacial score (nSPS) is 12.6. The van der Waals surface area contributed by atoms with Gasteiger partial charge in [-0.3, -0.25) is 4.72 Å². The summed E-state index contributed by atoms with van der Waals surface area (Å²) in [6.45, 7) is 4.71. The van der Waals surface area contributed by atoms with Crippen molar-refractivity contribution >= 4 is 39.0 Å². The fourth-order valence-corrected chi connectivity index (χ4v) is 1.83. The van der Waals surface area contributed by atoms with Crippen LogP contribution in [0.1, 0.15) is 20.8 Å². The molecule has 0 aliphatic rings. The van der Waals surface area contributed by atoms with Gasteiger partial charge in [-0.05, 0) is 32.4 Å². The Labute approximate surface area is 104 Å². The summed E-state index contributed by atoms with van der Waals surface area (Å²) in [6.07, 6.45) is 0. The number of hydrogen-bond donors (Lipinski definition) is 1. The molecule has 0 spiro atoms. The topological polar surface area (TPSA) is 72.0 Å². The molecular weight excluding hydrogens is 273 g/mol. The van der Waals surface area contributed by atoms with Crippen LogP contribution in [0.5, 0.6) is 0 Å². The average Bonchev–Trinajstić information content (AvgIpc) is 1.97. The van der Waals surface area contributed by atoms with Crippen molar-refractivity contribution in [2.45, 2.75) is 25.5 Å². The largest absolute Gasteiger partial charge is 0.267 e. The Morgan fingerprint density at radius 3 is 2.25 bits per heavy atom. The minimum atomic E-state index is -3.54. The van der Waals surface area contributed by atoms with Crippen molar-refractivity contribution < 1.29 is 8.42 Å². The molecule has 1 aromatic rings. The van der Waals surface area contributed by atoms with Crippen LogP contribution in [0.4, 0.5) is 5.82 Å². The quantitative estimate of drug-likeness (QED) is 0.668. The molecule has 16 heavy (non-hydrogen) atoms. The molecule has 0 aromatic carbocycles. The molecule has 1 heterocycles. The van der Waals surface area contributed by atoms with Crippen LogP contribution < -0.4 is 4.72 Å². The predicted molar refractivity (Wildman–Crippen MR) is 64.3 cm³/mol. The lowest BCUT2D eigenvalue weighted by atomic mass is 10.3. The number of nitrogens with one attached hydrogen (secondary N) is 1. The molecular formula is C8H11Cl2N3O2S. The van der Waals surface area contributed by atoms with Gasteiger partial charge in [0.1, 0.15) is 11.0 Å². The van der Waals surface area contributed by atoms with Crippen molar-refractivity contribution in [1.82, 2.24) is 9.97 Å². The first-order chi connectivity index (χ1) is 7.12. The number of rotatable bonds is 2. The van der Waals surface area contributed by atoms with Crippen LogP contribution in [0.3, 0.4) is 0 Å². The van der Waals surface area contributed by atoms with Crippen LogP contribution >= 0.6 is 23.2 Å². The van der Waals surface area contributed by atoms with E-state index in [-0.39, 0.29) is 16.3 Å². The van der Waals surface area contributed by atoms with Crippen molar-refractivity contribution in [2.75, 3.05) is 4.72 Å². The van der Waals surface area contributed by atoms with Gasteiger partial charge in [-0.2, -0.15) is 4.98 Å². The van der Waals surface area contributed by atoms with E-state index in [2.05, 4.69) is 14.7 Å². The Morgan fingerprint density at radius 2 is 1.81 bits per heavy atom. The van der Waals surface area contributed by atoms with Gasteiger partial charge in [-0.25, -0.2) is 13.4 Å². The van der Waals surface area contributed by atoms with E-state index in [9.17, 15) is 8.42 Å². The smallest absolute Gasteiger partial charge is 0.238 e. The number of nitrogens with zero attached hydrogens (tertiary/aromatic N) is 2. The van der Waals surface area contributed by atoms with E-state index in [4.69, 9.17) is 23.2 Å². The Kier molecular flexibility index (Phi) is 3.66. The Balaban J connectivity index is 3.07. The first-order valence-corrected chi connectivity index (χ1v) is 6.58. The minimum absolute atomic E-state index is 0.0555. The van der Waals surface area contributed by atoms with Crippen LogP contribution in [0.25, 0.3) is 0 Å². The second-order valence-electron chi connectivity index (χ2n) is 4.06. The van der Waals surface area contributed by atoms with E-state index in [0.29, 0.717) is 0 Å². The SMILES string of the molecule is CC(C)(C)S(=O)(=O)Nc1cc(Cl)nc(Cl)n1. The van der Waals surface area contributed by atoms with Crippen molar-refractivity contribution in [1.29, 1.82) is 0 Å². The van der Waals surface area contributed by atoms with Crippen LogP contribution in [0.15, 0.2) is 6.07 Å². The third-order valence-corrected chi connectivity index (χ3v) is 4.17. The minimum Gasteiger partial charge on any atom is -0.267 e. The maximum Gasteiger partial charge on any atom is 0.238 e. The lowest BCUT2D eigenvalue weighted by Crippen LogP contribution is -2.34. The Morgan fingerprint density at radius 1 is 1.25 bits per heavy atom. The summed E-state index contributed by atoms with van der Waals surface area (Å²) >= 11 is 11.2. The Hall–Kier alpha value is -0.590. The molecule has 0 aliphatic heterocycles. The molecule has 5 nitrogen and oxygen atoms in total. The van der Waals surface area contributed by atoms with Crippen LogP contribution in [-0.4, -0.2) is 23.1 Å². The van der Waals surface area contributed by atoms with E-state index in [1.54, 1.807) is 20.8 Å². The molecule has 0 unspecified atom stereocenters. The van der Waals surface area contributed by atoms with Gasteiger partial charge in [-0.1, -0.05) is 11.6 Å². The fourth-order valence-electron chi connectivity index (χ4n) is 0.733. The molecule has 1 rings (SSSR count). The predicted octanol–water partition coefficient (Wildman–Crippen LogP) is 2.32. The van der Waals surface area contributed by atoms with E-state index >= 15 is 0 Å². The summed E-state index contributed by atoms with van der Waals surface area (Å²) in [4.78, 5) is 7.32. The van der Waals surface area contributed by atoms with Gasteiger partial charge in [-0.15, -0.1) is 0 Å². The highest BCUT2D eigenvalue weighted by molar-refractivity contribution is 7.94.